The summed E-state index contributed by atoms with van der Waals surface area (Å²) in [7, 11) is 1.88. The van der Waals surface area contributed by atoms with Crippen LogP contribution >= 0.6 is 0 Å². The molecule has 3 heteroatoms. The third kappa shape index (κ3) is 1.99. The Bertz CT molecular complexity index is 640. The largest absolute Gasteiger partial charge is 0.329 e. The second-order valence-corrected chi connectivity index (χ2v) is 5.21. The smallest absolute Gasteiger partial charge is 0.168 e. The number of nitrogens with zero attached hydrogens (tertiary/aromatic N) is 2. The molecular weight excluding hydrogens is 236 g/mol. The maximum Gasteiger partial charge on any atom is 0.168 e. The Morgan fingerprint density at radius 3 is 2.05 bits per heavy atom. The van der Waals surface area contributed by atoms with Gasteiger partial charge in [-0.15, -0.1) is 0 Å². The SMILES string of the molecule is Cc1cc(C)c(C)c(-c2nc(C)n(C)c2C=O)c1C. The van der Waals surface area contributed by atoms with Crippen molar-refractivity contribution in [3.63, 3.8) is 0 Å². The van der Waals surface area contributed by atoms with Gasteiger partial charge in [-0.05, 0) is 56.9 Å². The summed E-state index contributed by atoms with van der Waals surface area (Å²) in [4.78, 5) is 16.0. The van der Waals surface area contributed by atoms with Crippen LogP contribution < -0.4 is 0 Å². The van der Waals surface area contributed by atoms with Crippen LogP contribution in [0.2, 0.25) is 0 Å². The van der Waals surface area contributed by atoms with E-state index in [2.05, 4.69) is 38.7 Å². The van der Waals surface area contributed by atoms with Crippen LogP contribution in [-0.4, -0.2) is 15.8 Å². The van der Waals surface area contributed by atoms with Gasteiger partial charge in [0.2, 0.25) is 0 Å². The molecule has 1 aromatic carbocycles. The summed E-state index contributed by atoms with van der Waals surface area (Å²) in [6, 6.07) is 2.19. The number of aryl methyl sites for hydroxylation is 3. The first-order valence-corrected chi connectivity index (χ1v) is 6.44. The molecule has 100 valence electrons. The molecule has 0 bridgehead atoms. The Balaban J connectivity index is 2.86. The van der Waals surface area contributed by atoms with Gasteiger partial charge in [-0.2, -0.15) is 0 Å². The van der Waals surface area contributed by atoms with Crippen molar-refractivity contribution in [2.24, 2.45) is 7.05 Å². The zero-order valence-corrected chi connectivity index (χ0v) is 12.5. The fraction of sp³-hybridized carbons (Fsp3) is 0.375. The summed E-state index contributed by atoms with van der Waals surface area (Å²) in [5.74, 6) is 0.857. The average molecular weight is 256 g/mol. The summed E-state index contributed by atoms with van der Waals surface area (Å²) in [6.45, 7) is 10.3. The predicted octanol–water partition coefficient (Wildman–Crippen LogP) is 3.44. The maximum atomic E-state index is 11.4. The van der Waals surface area contributed by atoms with Gasteiger partial charge in [-0.25, -0.2) is 4.98 Å². The Morgan fingerprint density at radius 2 is 1.58 bits per heavy atom. The fourth-order valence-electron chi connectivity index (χ4n) is 2.52. The number of imidazole rings is 1. The van der Waals surface area contributed by atoms with Crippen molar-refractivity contribution in [2.75, 3.05) is 0 Å². The minimum atomic E-state index is 0.647. The van der Waals surface area contributed by atoms with Crippen LogP contribution in [0.5, 0.6) is 0 Å². The second-order valence-electron chi connectivity index (χ2n) is 5.21. The highest BCUT2D eigenvalue weighted by atomic mass is 16.1. The molecule has 0 fully saturated rings. The van der Waals surface area contributed by atoms with E-state index < -0.39 is 0 Å². The maximum absolute atomic E-state index is 11.4. The van der Waals surface area contributed by atoms with Crippen LogP contribution in [0.4, 0.5) is 0 Å². The molecule has 1 heterocycles. The van der Waals surface area contributed by atoms with E-state index in [9.17, 15) is 4.79 Å². The van der Waals surface area contributed by atoms with E-state index in [4.69, 9.17) is 0 Å². The van der Waals surface area contributed by atoms with E-state index in [-0.39, 0.29) is 0 Å². The Morgan fingerprint density at radius 1 is 1.05 bits per heavy atom. The number of aldehydes is 1. The van der Waals surface area contributed by atoms with Gasteiger partial charge in [-0.1, -0.05) is 6.07 Å². The van der Waals surface area contributed by atoms with E-state index in [0.29, 0.717) is 5.69 Å². The summed E-state index contributed by atoms with van der Waals surface area (Å²) >= 11 is 0. The van der Waals surface area contributed by atoms with Crippen LogP contribution in [-0.2, 0) is 7.05 Å². The van der Waals surface area contributed by atoms with Crippen LogP contribution in [0.1, 0.15) is 38.6 Å². The molecule has 0 aliphatic heterocycles. The second kappa shape index (κ2) is 4.65. The monoisotopic (exact) mass is 256 g/mol. The molecule has 0 aliphatic rings. The van der Waals surface area contributed by atoms with Crippen molar-refractivity contribution < 1.29 is 4.79 Å². The van der Waals surface area contributed by atoms with E-state index in [1.54, 1.807) is 0 Å². The van der Waals surface area contributed by atoms with Crippen LogP contribution in [0, 0.1) is 34.6 Å². The lowest BCUT2D eigenvalue weighted by molar-refractivity contribution is 0.111. The normalized spacial score (nSPS) is 10.8. The number of hydrogen-bond donors (Lipinski definition) is 0. The van der Waals surface area contributed by atoms with Crippen molar-refractivity contribution in [3.8, 4) is 11.3 Å². The van der Waals surface area contributed by atoms with Gasteiger partial charge in [0.15, 0.2) is 6.29 Å². The summed E-state index contributed by atoms with van der Waals surface area (Å²) in [5.41, 5.74) is 7.42. The number of benzene rings is 1. The molecule has 2 rings (SSSR count). The summed E-state index contributed by atoms with van der Waals surface area (Å²) in [5, 5.41) is 0. The first-order chi connectivity index (χ1) is 8.88. The molecule has 2 aromatic rings. The molecule has 0 N–H and O–H groups in total. The van der Waals surface area contributed by atoms with Gasteiger partial charge in [0.1, 0.15) is 11.5 Å². The molecule has 0 spiro atoms. The molecule has 0 aliphatic carbocycles. The van der Waals surface area contributed by atoms with Crippen LogP contribution in [0.15, 0.2) is 6.07 Å². The molecule has 0 radical (unpaired) electrons. The molecule has 0 saturated heterocycles. The highest BCUT2D eigenvalue weighted by Crippen LogP contribution is 2.32. The zero-order valence-electron chi connectivity index (χ0n) is 12.5. The molecular formula is C16H20N2O. The first-order valence-electron chi connectivity index (χ1n) is 6.44. The third-order valence-electron chi connectivity index (χ3n) is 4.08. The van der Waals surface area contributed by atoms with E-state index in [0.717, 1.165) is 23.4 Å². The van der Waals surface area contributed by atoms with Gasteiger partial charge in [0.05, 0.1) is 5.69 Å². The molecule has 1 aromatic heterocycles. The molecule has 0 amide bonds. The summed E-state index contributed by atoms with van der Waals surface area (Å²) < 4.78 is 1.85. The number of carbonyl (C=O) groups is 1. The molecule has 3 nitrogen and oxygen atoms in total. The Labute approximate surface area is 114 Å². The Hall–Kier alpha value is -1.90. The number of aromatic nitrogens is 2. The Kier molecular flexibility index (Phi) is 3.31. The lowest BCUT2D eigenvalue weighted by Crippen LogP contribution is -2.00. The number of hydrogen-bond acceptors (Lipinski definition) is 2. The van der Waals surface area contributed by atoms with Crippen molar-refractivity contribution in [1.29, 1.82) is 0 Å². The minimum Gasteiger partial charge on any atom is -0.329 e. The standard InChI is InChI=1S/C16H20N2O/c1-9-7-10(2)12(4)15(11(9)3)16-14(8-19)18(6)13(5)17-16/h7-8H,1-6H3. The van der Waals surface area contributed by atoms with Crippen LogP contribution in [0.3, 0.4) is 0 Å². The summed E-state index contributed by atoms with van der Waals surface area (Å²) in [6.07, 6.45) is 0.895. The first kappa shape index (κ1) is 13.5. The van der Waals surface area contributed by atoms with Crippen LogP contribution in [0.25, 0.3) is 11.3 Å². The lowest BCUT2D eigenvalue weighted by Gasteiger charge is -2.14. The average Bonchev–Trinajstić information content (AvgIpc) is 2.63. The highest BCUT2D eigenvalue weighted by molar-refractivity contribution is 5.86. The molecule has 19 heavy (non-hydrogen) atoms. The highest BCUT2D eigenvalue weighted by Gasteiger charge is 2.19. The quantitative estimate of drug-likeness (QED) is 0.771. The third-order valence-corrected chi connectivity index (χ3v) is 4.08. The van der Waals surface area contributed by atoms with Crippen molar-refractivity contribution in [2.45, 2.75) is 34.6 Å². The zero-order chi connectivity index (χ0) is 14.3. The predicted molar refractivity (Wildman–Crippen MR) is 77.7 cm³/mol. The van der Waals surface area contributed by atoms with Gasteiger partial charge < -0.3 is 4.57 Å². The van der Waals surface area contributed by atoms with Gasteiger partial charge >= 0.3 is 0 Å². The van der Waals surface area contributed by atoms with E-state index >= 15 is 0 Å². The van der Waals surface area contributed by atoms with E-state index in [1.807, 2.05) is 18.5 Å². The van der Waals surface area contributed by atoms with Crippen molar-refractivity contribution in [1.82, 2.24) is 9.55 Å². The molecule has 0 unspecified atom stereocenters. The van der Waals surface area contributed by atoms with Gasteiger partial charge in [0, 0.05) is 12.6 Å². The molecule has 0 saturated carbocycles. The van der Waals surface area contributed by atoms with E-state index in [1.165, 1.54) is 22.3 Å². The topological polar surface area (TPSA) is 34.9 Å². The van der Waals surface area contributed by atoms with Crippen molar-refractivity contribution in [3.05, 3.63) is 39.8 Å². The number of rotatable bonds is 2. The minimum absolute atomic E-state index is 0.647. The van der Waals surface area contributed by atoms with Crippen molar-refractivity contribution >= 4 is 6.29 Å². The fourth-order valence-corrected chi connectivity index (χ4v) is 2.52. The van der Waals surface area contributed by atoms with Gasteiger partial charge in [0.25, 0.3) is 0 Å². The molecule has 0 atom stereocenters. The lowest BCUT2D eigenvalue weighted by atomic mass is 9.92. The van der Waals surface area contributed by atoms with Gasteiger partial charge in [-0.3, -0.25) is 4.79 Å². The number of carbonyl (C=O) groups excluding carboxylic acids is 1.